The summed E-state index contributed by atoms with van der Waals surface area (Å²) < 4.78 is 4.97. The quantitative estimate of drug-likeness (QED) is 0.744. The molecule has 2 aromatic rings. The average molecular weight is 272 g/mol. The highest BCUT2D eigenvalue weighted by Gasteiger charge is 2.16. The number of phenols is 1. The maximum atomic E-state index is 12.0. The third-order valence-electron chi connectivity index (χ3n) is 2.90. The molecule has 5 heteroatoms. The number of aromatic hydroxyl groups is 1. The minimum atomic E-state index is -0.794. The van der Waals surface area contributed by atoms with Gasteiger partial charge in [0.2, 0.25) is 5.91 Å². The van der Waals surface area contributed by atoms with Crippen molar-refractivity contribution in [3.8, 4) is 11.5 Å². The van der Waals surface area contributed by atoms with Gasteiger partial charge >= 0.3 is 0 Å². The second-order valence-corrected chi connectivity index (χ2v) is 4.26. The molecule has 0 aliphatic carbocycles. The number of hydrogen-bond donors (Lipinski definition) is 3. The SMILES string of the molecule is COc1ccc(NC(=O)[C@H](N)c2ccccc2)c(O)c1. The van der Waals surface area contributed by atoms with Crippen LogP contribution >= 0.6 is 0 Å². The Balaban J connectivity index is 2.12. The average Bonchev–Trinajstić information content (AvgIpc) is 2.49. The van der Waals surface area contributed by atoms with Crippen LogP contribution in [0.5, 0.6) is 11.5 Å². The summed E-state index contributed by atoms with van der Waals surface area (Å²) in [4.78, 5) is 12.0. The van der Waals surface area contributed by atoms with Gasteiger partial charge < -0.3 is 20.9 Å². The van der Waals surface area contributed by atoms with E-state index in [2.05, 4.69) is 5.32 Å². The molecule has 0 spiro atoms. The highest BCUT2D eigenvalue weighted by Crippen LogP contribution is 2.28. The van der Waals surface area contributed by atoms with E-state index in [-0.39, 0.29) is 5.75 Å². The lowest BCUT2D eigenvalue weighted by Crippen LogP contribution is -2.27. The Morgan fingerprint density at radius 3 is 2.55 bits per heavy atom. The number of carbonyl (C=O) groups is 1. The van der Waals surface area contributed by atoms with Crippen molar-refractivity contribution in [2.24, 2.45) is 5.73 Å². The molecule has 0 heterocycles. The molecule has 0 saturated heterocycles. The number of amides is 1. The Kier molecular flexibility index (Phi) is 4.22. The van der Waals surface area contributed by atoms with Gasteiger partial charge in [-0.1, -0.05) is 30.3 Å². The molecule has 0 saturated carbocycles. The Bertz CT molecular complexity index is 599. The predicted octanol–water partition coefficient (Wildman–Crippen LogP) is 2.04. The Morgan fingerprint density at radius 2 is 1.95 bits per heavy atom. The Hall–Kier alpha value is -2.53. The van der Waals surface area contributed by atoms with Crippen LogP contribution in [0.3, 0.4) is 0 Å². The van der Waals surface area contributed by atoms with Gasteiger partial charge in [-0.2, -0.15) is 0 Å². The fourth-order valence-electron chi connectivity index (χ4n) is 1.77. The van der Waals surface area contributed by atoms with E-state index in [1.54, 1.807) is 24.3 Å². The van der Waals surface area contributed by atoms with E-state index in [9.17, 15) is 9.90 Å². The number of carbonyl (C=O) groups excluding carboxylic acids is 1. The van der Waals surface area contributed by atoms with Crippen LogP contribution in [0.2, 0.25) is 0 Å². The zero-order valence-corrected chi connectivity index (χ0v) is 11.0. The molecule has 0 aliphatic rings. The molecule has 104 valence electrons. The maximum absolute atomic E-state index is 12.0. The summed E-state index contributed by atoms with van der Waals surface area (Å²) >= 11 is 0. The molecule has 2 rings (SSSR count). The molecule has 0 aromatic heterocycles. The number of nitrogens with two attached hydrogens (primary N) is 1. The van der Waals surface area contributed by atoms with Crippen molar-refractivity contribution < 1.29 is 14.6 Å². The van der Waals surface area contributed by atoms with Crippen molar-refractivity contribution in [1.29, 1.82) is 0 Å². The van der Waals surface area contributed by atoms with E-state index in [0.29, 0.717) is 17.0 Å². The van der Waals surface area contributed by atoms with E-state index in [1.165, 1.54) is 13.2 Å². The molecule has 0 aliphatic heterocycles. The van der Waals surface area contributed by atoms with Crippen LogP contribution in [0.25, 0.3) is 0 Å². The molecule has 0 radical (unpaired) electrons. The van der Waals surface area contributed by atoms with Gasteiger partial charge in [0.25, 0.3) is 0 Å². The fourth-order valence-corrected chi connectivity index (χ4v) is 1.77. The van der Waals surface area contributed by atoms with Gasteiger partial charge in [0.1, 0.15) is 17.5 Å². The number of hydrogen-bond acceptors (Lipinski definition) is 4. The zero-order chi connectivity index (χ0) is 14.5. The van der Waals surface area contributed by atoms with Gasteiger partial charge in [0.15, 0.2) is 0 Å². The standard InChI is InChI=1S/C15H16N2O3/c1-20-11-7-8-12(13(18)9-11)17-15(19)14(16)10-5-3-2-4-6-10/h2-9,14,18H,16H2,1H3,(H,17,19)/t14-/m1/s1. The third kappa shape index (κ3) is 3.07. The Morgan fingerprint density at radius 1 is 1.25 bits per heavy atom. The highest BCUT2D eigenvalue weighted by atomic mass is 16.5. The first-order valence-corrected chi connectivity index (χ1v) is 6.10. The highest BCUT2D eigenvalue weighted by molar-refractivity contribution is 5.96. The Labute approximate surface area is 117 Å². The van der Waals surface area contributed by atoms with Crippen molar-refractivity contribution in [2.45, 2.75) is 6.04 Å². The molecule has 2 aromatic carbocycles. The summed E-state index contributed by atoms with van der Waals surface area (Å²) in [6.45, 7) is 0. The number of ether oxygens (including phenoxy) is 1. The van der Waals surface area contributed by atoms with Gasteiger partial charge in [-0.25, -0.2) is 0 Å². The fraction of sp³-hybridized carbons (Fsp3) is 0.133. The number of anilines is 1. The molecule has 1 atom stereocenters. The normalized spacial score (nSPS) is 11.7. The van der Waals surface area contributed by atoms with E-state index < -0.39 is 11.9 Å². The molecule has 20 heavy (non-hydrogen) atoms. The summed E-state index contributed by atoms with van der Waals surface area (Å²) in [5.74, 6) is 0.0440. The third-order valence-corrected chi connectivity index (χ3v) is 2.90. The van der Waals surface area contributed by atoms with Gasteiger partial charge in [-0.3, -0.25) is 4.79 Å². The molecule has 0 bridgehead atoms. The lowest BCUT2D eigenvalue weighted by Gasteiger charge is -2.13. The summed E-state index contributed by atoms with van der Waals surface area (Å²) in [6.07, 6.45) is 0. The van der Waals surface area contributed by atoms with Crippen LogP contribution in [0, 0.1) is 0 Å². The maximum Gasteiger partial charge on any atom is 0.245 e. The van der Waals surface area contributed by atoms with E-state index >= 15 is 0 Å². The van der Waals surface area contributed by atoms with Crippen molar-refractivity contribution in [2.75, 3.05) is 12.4 Å². The minimum Gasteiger partial charge on any atom is -0.506 e. The molecule has 0 fully saturated rings. The van der Waals surface area contributed by atoms with Crippen LogP contribution in [-0.2, 0) is 4.79 Å². The molecular formula is C15H16N2O3. The van der Waals surface area contributed by atoms with Crippen LogP contribution in [-0.4, -0.2) is 18.1 Å². The first kappa shape index (κ1) is 13.9. The van der Waals surface area contributed by atoms with Crippen molar-refractivity contribution in [3.63, 3.8) is 0 Å². The van der Waals surface area contributed by atoms with Crippen molar-refractivity contribution in [1.82, 2.24) is 0 Å². The number of methoxy groups -OCH3 is 1. The number of benzene rings is 2. The minimum absolute atomic E-state index is 0.0713. The summed E-state index contributed by atoms with van der Waals surface area (Å²) in [6, 6.07) is 12.9. The van der Waals surface area contributed by atoms with Gasteiger partial charge in [-0.05, 0) is 17.7 Å². The van der Waals surface area contributed by atoms with Crippen LogP contribution in [0.1, 0.15) is 11.6 Å². The molecule has 1 amide bonds. The largest absolute Gasteiger partial charge is 0.506 e. The van der Waals surface area contributed by atoms with Crippen LogP contribution < -0.4 is 15.8 Å². The van der Waals surface area contributed by atoms with Crippen LogP contribution in [0.4, 0.5) is 5.69 Å². The molecular weight excluding hydrogens is 256 g/mol. The molecule has 5 nitrogen and oxygen atoms in total. The van der Waals surface area contributed by atoms with E-state index in [0.717, 1.165) is 0 Å². The summed E-state index contributed by atoms with van der Waals surface area (Å²) in [5.41, 5.74) is 6.87. The second-order valence-electron chi connectivity index (χ2n) is 4.26. The van der Waals surface area contributed by atoms with E-state index in [1.807, 2.05) is 18.2 Å². The number of rotatable bonds is 4. The monoisotopic (exact) mass is 272 g/mol. The first-order valence-electron chi connectivity index (χ1n) is 6.10. The number of phenolic OH excluding ortho intramolecular Hbond substituents is 1. The van der Waals surface area contributed by atoms with Gasteiger partial charge in [-0.15, -0.1) is 0 Å². The smallest absolute Gasteiger partial charge is 0.245 e. The number of nitrogens with one attached hydrogen (secondary N) is 1. The van der Waals surface area contributed by atoms with Crippen molar-refractivity contribution >= 4 is 11.6 Å². The van der Waals surface area contributed by atoms with Gasteiger partial charge in [0, 0.05) is 6.07 Å². The van der Waals surface area contributed by atoms with Crippen molar-refractivity contribution in [3.05, 3.63) is 54.1 Å². The summed E-state index contributed by atoms with van der Waals surface area (Å²) in [5, 5.41) is 12.4. The van der Waals surface area contributed by atoms with Crippen LogP contribution in [0.15, 0.2) is 48.5 Å². The zero-order valence-electron chi connectivity index (χ0n) is 11.0. The topological polar surface area (TPSA) is 84.6 Å². The summed E-state index contributed by atoms with van der Waals surface area (Å²) in [7, 11) is 1.50. The first-order chi connectivity index (χ1) is 9.61. The lowest BCUT2D eigenvalue weighted by molar-refractivity contribution is -0.117. The predicted molar refractivity (Wildman–Crippen MR) is 76.7 cm³/mol. The lowest BCUT2D eigenvalue weighted by atomic mass is 10.1. The van der Waals surface area contributed by atoms with E-state index in [4.69, 9.17) is 10.5 Å². The second kappa shape index (κ2) is 6.08. The molecule has 4 N–H and O–H groups in total. The molecule has 0 unspecified atom stereocenters. The van der Waals surface area contributed by atoms with Gasteiger partial charge in [0.05, 0.1) is 12.8 Å².